The van der Waals surface area contributed by atoms with Gasteiger partial charge in [-0.25, -0.2) is 4.98 Å². The summed E-state index contributed by atoms with van der Waals surface area (Å²) in [6.07, 6.45) is 0. The van der Waals surface area contributed by atoms with E-state index < -0.39 is 0 Å². The molecule has 2 N–H and O–H groups in total. The highest BCUT2D eigenvalue weighted by Gasteiger charge is 2.14. The van der Waals surface area contributed by atoms with Crippen molar-refractivity contribution in [3.8, 4) is 22.0 Å². The molecular formula is C21H21N5OS. The number of aromatic nitrogens is 3. The van der Waals surface area contributed by atoms with Crippen LogP contribution in [0.3, 0.4) is 0 Å². The number of hydrogen-bond donors (Lipinski definition) is 2. The van der Waals surface area contributed by atoms with Crippen molar-refractivity contribution in [1.29, 1.82) is 0 Å². The van der Waals surface area contributed by atoms with Crippen LogP contribution in [0, 0.1) is 0 Å². The van der Waals surface area contributed by atoms with Gasteiger partial charge in [0.1, 0.15) is 10.7 Å². The van der Waals surface area contributed by atoms with Gasteiger partial charge < -0.3 is 10.2 Å². The summed E-state index contributed by atoms with van der Waals surface area (Å²) in [6.45, 7) is 1.42. The number of H-pyrrole nitrogens is 1. The third-order valence-electron chi connectivity index (χ3n) is 4.44. The molecule has 0 unspecified atom stereocenters. The molecule has 0 radical (unpaired) electrons. The van der Waals surface area contributed by atoms with Crippen LogP contribution >= 0.6 is 11.3 Å². The molecule has 142 valence electrons. The highest BCUT2D eigenvalue weighted by atomic mass is 32.1. The van der Waals surface area contributed by atoms with Gasteiger partial charge in [-0.1, -0.05) is 30.3 Å². The van der Waals surface area contributed by atoms with E-state index in [1.165, 1.54) is 0 Å². The van der Waals surface area contributed by atoms with Gasteiger partial charge in [0, 0.05) is 35.0 Å². The number of amides is 1. The Morgan fingerprint density at radius 3 is 2.89 bits per heavy atom. The van der Waals surface area contributed by atoms with Gasteiger partial charge in [0.2, 0.25) is 0 Å². The molecule has 0 saturated carbocycles. The van der Waals surface area contributed by atoms with Gasteiger partial charge >= 0.3 is 0 Å². The van der Waals surface area contributed by atoms with Crippen molar-refractivity contribution >= 4 is 28.1 Å². The molecule has 0 aliphatic heterocycles. The number of nitrogens with zero attached hydrogens (tertiary/aromatic N) is 3. The molecule has 1 amide bonds. The summed E-state index contributed by atoms with van der Waals surface area (Å²) in [6, 6.07) is 15.6. The van der Waals surface area contributed by atoms with E-state index in [2.05, 4.69) is 15.5 Å². The number of fused-ring (bicyclic) bond motifs is 1. The van der Waals surface area contributed by atoms with Crippen molar-refractivity contribution in [2.75, 3.05) is 27.2 Å². The maximum Gasteiger partial charge on any atom is 0.251 e. The summed E-state index contributed by atoms with van der Waals surface area (Å²) in [5.74, 6) is -0.0718. The molecule has 0 fully saturated rings. The van der Waals surface area contributed by atoms with Crippen LogP contribution in [0.4, 0.5) is 0 Å². The minimum absolute atomic E-state index is 0.0718. The Labute approximate surface area is 167 Å². The predicted molar refractivity (Wildman–Crippen MR) is 114 cm³/mol. The van der Waals surface area contributed by atoms with Crippen LogP contribution in [0.15, 0.2) is 53.9 Å². The maximum atomic E-state index is 12.4. The van der Waals surface area contributed by atoms with E-state index in [4.69, 9.17) is 4.98 Å². The Balaban J connectivity index is 1.56. The number of carbonyl (C=O) groups excluding carboxylic acids is 1. The Hall–Kier alpha value is -3.03. The van der Waals surface area contributed by atoms with Crippen molar-refractivity contribution in [3.05, 3.63) is 59.5 Å². The summed E-state index contributed by atoms with van der Waals surface area (Å²) in [5, 5.41) is 14.3. The minimum Gasteiger partial charge on any atom is -0.351 e. The lowest BCUT2D eigenvalue weighted by Gasteiger charge is -2.10. The molecule has 6 nitrogen and oxygen atoms in total. The van der Waals surface area contributed by atoms with Gasteiger partial charge in [0.15, 0.2) is 0 Å². The molecule has 0 spiro atoms. The number of hydrogen-bond acceptors (Lipinski definition) is 5. The van der Waals surface area contributed by atoms with Gasteiger partial charge in [-0.2, -0.15) is 5.10 Å². The summed E-state index contributed by atoms with van der Waals surface area (Å²) >= 11 is 1.55. The summed E-state index contributed by atoms with van der Waals surface area (Å²) in [4.78, 5) is 19.2. The SMILES string of the molecule is CN(C)CCNC(=O)c1cccc(-c2csc(-c3n[nH]c4ccccc34)n2)c1. The van der Waals surface area contributed by atoms with Gasteiger partial charge in [0.05, 0.1) is 11.2 Å². The lowest BCUT2D eigenvalue weighted by Crippen LogP contribution is -2.31. The molecule has 0 aliphatic carbocycles. The number of aromatic amines is 1. The van der Waals surface area contributed by atoms with Crippen LogP contribution in [-0.2, 0) is 0 Å². The van der Waals surface area contributed by atoms with Crippen molar-refractivity contribution in [3.63, 3.8) is 0 Å². The van der Waals surface area contributed by atoms with E-state index in [0.717, 1.165) is 39.4 Å². The number of benzene rings is 2. The molecule has 0 bridgehead atoms. The average molecular weight is 392 g/mol. The average Bonchev–Trinajstić information content (AvgIpc) is 3.34. The smallest absolute Gasteiger partial charge is 0.251 e. The second-order valence-corrected chi connectivity index (χ2v) is 7.65. The van der Waals surface area contributed by atoms with E-state index in [0.29, 0.717) is 12.1 Å². The number of likely N-dealkylation sites (N-methyl/N-ethyl adjacent to an activating group) is 1. The summed E-state index contributed by atoms with van der Waals surface area (Å²) < 4.78 is 0. The van der Waals surface area contributed by atoms with Crippen molar-refractivity contribution in [1.82, 2.24) is 25.4 Å². The molecule has 7 heteroatoms. The molecule has 0 aliphatic rings. The normalized spacial score (nSPS) is 11.2. The predicted octanol–water partition coefficient (Wildman–Crippen LogP) is 3.64. The number of rotatable bonds is 6. The molecule has 4 aromatic rings. The van der Waals surface area contributed by atoms with Crippen LogP contribution in [0.25, 0.3) is 32.9 Å². The van der Waals surface area contributed by atoms with E-state index in [1.807, 2.05) is 72.9 Å². The highest BCUT2D eigenvalue weighted by molar-refractivity contribution is 7.13. The topological polar surface area (TPSA) is 73.9 Å². The molecule has 2 aromatic carbocycles. The molecular weight excluding hydrogens is 370 g/mol. The van der Waals surface area contributed by atoms with Crippen LogP contribution in [0.5, 0.6) is 0 Å². The minimum atomic E-state index is -0.0718. The van der Waals surface area contributed by atoms with Gasteiger partial charge in [-0.05, 0) is 32.3 Å². The number of carbonyl (C=O) groups is 1. The fraction of sp³-hybridized carbons (Fsp3) is 0.190. The molecule has 0 saturated heterocycles. The first-order valence-corrected chi connectivity index (χ1v) is 9.92. The first-order valence-electron chi connectivity index (χ1n) is 9.04. The number of para-hydroxylation sites is 1. The van der Waals surface area contributed by atoms with Gasteiger partial charge in [-0.3, -0.25) is 9.89 Å². The third-order valence-corrected chi connectivity index (χ3v) is 5.29. The standard InChI is InChI=1S/C21H21N5OS/c1-26(2)11-10-22-20(27)15-7-5-6-14(12-15)18-13-28-21(23-18)19-16-8-3-4-9-17(16)24-25-19/h3-9,12-13H,10-11H2,1-2H3,(H,22,27)(H,24,25). The zero-order chi connectivity index (χ0) is 19.5. The Kier molecular flexibility index (Phi) is 5.18. The van der Waals surface area contributed by atoms with E-state index in [-0.39, 0.29) is 5.91 Å². The first-order chi connectivity index (χ1) is 13.6. The lowest BCUT2D eigenvalue weighted by molar-refractivity contribution is 0.0951. The van der Waals surface area contributed by atoms with E-state index in [1.54, 1.807) is 11.3 Å². The van der Waals surface area contributed by atoms with Crippen molar-refractivity contribution < 1.29 is 4.79 Å². The lowest BCUT2D eigenvalue weighted by atomic mass is 10.1. The first kappa shape index (κ1) is 18.3. The molecule has 2 heterocycles. The zero-order valence-corrected chi connectivity index (χ0v) is 16.6. The Morgan fingerprint density at radius 2 is 2.04 bits per heavy atom. The van der Waals surface area contributed by atoms with Crippen LogP contribution in [0.2, 0.25) is 0 Å². The Morgan fingerprint density at radius 1 is 1.18 bits per heavy atom. The molecule has 28 heavy (non-hydrogen) atoms. The van der Waals surface area contributed by atoms with Gasteiger partial charge in [-0.15, -0.1) is 11.3 Å². The monoisotopic (exact) mass is 391 g/mol. The molecule has 0 atom stereocenters. The maximum absolute atomic E-state index is 12.4. The quantitative estimate of drug-likeness (QED) is 0.526. The fourth-order valence-corrected chi connectivity index (χ4v) is 3.79. The van der Waals surface area contributed by atoms with Crippen LogP contribution in [-0.4, -0.2) is 53.2 Å². The number of thiazole rings is 1. The summed E-state index contributed by atoms with van der Waals surface area (Å²) in [5.41, 5.74) is 4.24. The largest absolute Gasteiger partial charge is 0.351 e. The zero-order valence-electron chi connectivity index (χ0n) is 15.8. The van der Waals surface area contributed by atoms with E-state index in [9.17, 15) is 4.79 Å². The Bertz CT molecular complexity index is 1110. The third kappa shape index (κ3) is 3.81. The fourth-order valence-electron chi connectivity index (χ4n) is 2.96. The van der Waals surface area contributed by atoms with Gasteiger partial charge in [0.25, 0.3) is 5.91 Å². The molecule has 2 aromatic heterocycles. The highest BCUT2D eigenvalue weighted by Crippen LogP contribution is 2.32. The molecule has 4 rings (SSSR count). The van der Waals surface area contributed by atoms with Crippen molar-refractivity contribution in [2.45, 2.75) is 0 Å². The van der Waals surface area contributed by atoms with Crippen LogP contribution < -0.4 is 5.32 Å². The second kappa shape index (κ2) is 7.92. The van der Waals surface area contributed by atoms with Crippen LogP contribution in [0.1, 0.15) is 10.4 Å². The second-order valence-electron chi connectivity index (χ2n) is 6.80. The number of nitrogens with one attached hydrogen (secondary N) is 2. The van der Waals surface area contributed by atoms with Crippen molar-refractivity contribution in [2.24, 2.45) is 0 Å². The van der Waals surface area contributed by atoms with E-state index >= 15 is 0 Å². The summed E-state index contributed by atoms with van der Waals surface area (Å²) in [7, 11) is 3.96.